The predicted molar refractivity (Wildman–Crippen MR) is 93.5 cm³/mol. The minimum Gasteiger partial charge on any atom is -0.361 e. The number of aromatic nitrogens is 1. The highest BCUT2D eigenvalue weighted by atomic mass is 16.5. The van der Waals surface area contributed by atoms with Gasteiger partial charge < -0.3 is 14.7 Å². The van der Waals surface area contributed by atoms with Crippen molar-refractivity contribution in [2.45, 2.75) is 39.2 Å². The smallest absolute Gasteiger partial charge is 0.259 e. The Labute approximate surface area is 147 Å². The molecule has 1 N–H and O–H groups in total. The Morgan fingerprint density at radius 2 is 1.92 bits per heavy atom. The van der Waals surface area contributed by atoms with Crippen LogP contribution < -0.4 is 5.32 Å². The van der Waals surface area contributed by atoms with Gasteiger partial charge >= 0.3 is 0 Å². The molecule has 0 atom stereocenters. The number of carbonyl (C=O) groups is 2. The fraction of sp³-hybridized carbons (Fsp3) is 0.421. The van der Waals surface area contributed by atoms with Crippen LogP contribution in [-0.4, -0.2) is 41.0 Å². The van der Waals surface area contributed by atoms with E-state index in [1.807, 2.05) is 30.0 Å². The lowest BCUT2D eigenvalue weighted by atomic mass is 10.0. The lowest BCUT2D eigenvalue weighted by Gasteiger charge is -2.32. The minimum atomic E-state index is -0.0616. The van der Waals surface area contributed by atoms with Crippen LogP contribution in [0.5, 0.6) is 0 Å². The summed E-state index contributed by atoms with van der Waals surface area (Å²) in [5.74, 6) is 0.485. The van der Waals surface area contributed by atoms with Crippen LogP contribution in [-0.2, 0) is 6.42 Å². The van der Waals surface area contributed by atoms with Gasteiger partial charge in [0.2, 0.25) is 0 Å². The summed E-state index contributed by atoms with van der Waals surface area (Å²) in [4.78, 5) is 26.8. The second-order valence-corrected chi connectivity index (χ2v) is 6.32. The Bertz CT molecular complexity index is 747. The van der Waals surface area contributed by atoms with Gasteiger partial charge in [-0.2, -0.15) is 0 Å². The molecule has 25 heavy (non-hydrogen) atoms. The lowest BCUT2D eigenvalue weighted by Crippen LogP contribution is -2.46. The summed E-state index contributed by atoms with van der Waals surface area (Å²) in [7, 11) is 0. The van der Waals surface area contributed by atoms with Crippen LogP contribution in [0.3, 0.4) is 0 Å². The lowest BCUT2D eigenvalue weighted by molar-refractivity contribution is 0.0695. The number of piperidine rings is 1. The summed E-state index contributed by atoms with van der Waals surface area (Å²) < 4.78 is 5.17. The highest BCUT2D eigenvalue weighted by Gasteiger charge is 2.28. The van der Waals surface area contributed by atoms with Crippen LogP contribution in [0.1, 0.15) is 51.9 Å². The maximum Gasteiger partial charge on any atom is 0.259 e. The fourth-order valence-corrected chi connectivity index (χ4v) is 3.18. The molecular formula is C19H23N3O3. The number of hydrogen-bond acceptors (Lipinski definition) is 4. The van der Waals surface area contributed by atoms with Gasteiger partial charge in [-0.1, -0.05) is 30.3 Å². The first-order valence-electron chi connectivity index (χ1n) is 8.70. The normalized spacial score (nSPS) is 15.2. The Balaban J connectivity index is 1.57. The van der Waals surface area contributed by atoms with E-state index in [9.17, 15) is 9.59 Å². The van der Waals surface area contributed by atoms with Crippen LogP contribution in [0.2, 0.25) is 0 Å². The maximum atomic E-state index is 12.8. The number of amides is 2. The SMILES string of the molecule is CCc1noc(C)c1C(=O)N1CCC(NC(=O)c2ccccc2)CC1. The van der Waals surface area contributed by atoms with Crippen LogP contribution in [0, 0.1) is 6.92 Å². The van der Waals surface area contributed by atoms with Gasteiger partial charge in [0.25, 0.3) is 11.8 Å². The van der Waals surface area contributed by atoms with Gasteiger partial charge in [0.05, 0.1) is 5.69 Å². The molecule has 3 rings (SSSR count). The molecule has 6 nitrogen and oxygen atoms in total. The van der Waals surface area contributed by atoms with Crippen molar-refractivity contribution < 1.29 is 14.1 Å². The van der Waals surface area contributed by atoms with E-state index in [0.29, 0.717) is 42.1 Å². The molecule has 0 unspecified atom stereocenters. The zero-order valence-corrected chi connectivity index (χ0v) is 14.6. The first kappa shape index (κ1) is 17.2. The molecule has 0 radical (unpaired) electrons. The molecule has 6 heteroatoms. The number of nitrogens with zero attached hydrogens (tertiary/aromatic N) is 2. The van der Waals surface area contributed by atoms with Gasteiger partial charge in [-0.3, -0.25) is 9.59 Å². The molecular weight excluding hydrogens is 318 g/mol. The van der Waals surface area contributed by atoms with Crippen molar-refractivity contribution in [1.82, 2.24) is 15.4 Å². The van der Waals surface area contributed by atoms with Crippen molar-refractivity contribution in [3.05, 3.63) is 52.9 Å². The summed E-state index contributed by atoms with van der Waals surface area (Å²) in [6.07, 6.45) is 2.16. The monoisotopic (exact) mass is 341 g/mol. The molecule has 2 amide bonds. The summed E-state index contributed by atoms with van der Waals surface area (Å²) in [5.41, 5.74) is 1.96. The summed E-state index contributed by atoms with van der Waals surface area (Å²) >= 11 is 0. The predicted octanol–water partition coefficient (Wildman–Crippen LogP) is 2.58. The number of rotatable bonds is 4. The molecule has 0 spiro atoms. The van der Waals surface area contributed by atoms with Crippen molar-refractivity contribution in [1.29, 1.82) is 0 Å². The van der Waals surface area contributed by atoms with E-state index in [-0.39, 0.29) is 17.9 Å². The van der Waals surface area contributed by atoms with E-state index in [1.54, 1.807) is 19.1 Å². The quantitative estimate of drug-likeness (QED) is 0.927. The summed E-state index contributed by atoms with van der Waals surface area (Å²) in [5, 5.41) is 7.01. The van der Waals surface area contributed by atoms with Crippen LogP contribution in [0.4, 0.5) is 0 Å². The molecule has 1 aliphatic rings. The fourth-order valence-electron chi connectivity index (χ4n) is 3.18. The van der Waals surface area contributed by atoms with Gasteiger partial charge in [-0.25, -0.2) is 0 Å². The van der Waals surface area contributed by atoms with Crippen LogP contribution in [0.25, 0.3) is 0 Å². The first-order valence-corrected chi connectivity index (χ1v) is 8.70. The number of carbonyl (C=O) groups excluding carboxylic acids is 2. The Hall–Kier alpha value is -2.63. The van der Waals surface area contributed by atoms with Gasteiger partial charge in [0.1, 0.15) is 11.3 Å². The number of aryl methyl sites for hydroxylation is 2. The second-order valence-electron chi connectivity index (χ2n) is 6.32. The van der Waals surface area contributed by atoms with Crippen molar-refractivity contribution in [3.8, 4) is 0 Å². The first-order chi connectivity index (χ1) is 12.1. The van der Waals surface area contributed by atoms with E-state index < -0.39 is 0 Å². The zero-order chi connectivity index (χ0) is 17.8. The third kappa shape index (κ3) is 3.73. The van der Waals surface area contributed by atoms with Crippen LogP contribution >= 0.6 is 0 Å². The maximum absolute atomic E-state index is 12.8. The molecule has 1 saturated heterocycles. The van der Waals surface area contributed by atoms with E-state index >= 15 is 0 Å². The van der Waals surface area contributed by atoms with E-state index in [1.165, 1.54) is 0 Å². The Morgan fingerprint density at radius 1 is 1.24 bits per heavy atom. The number of hydrogen-bond donors (Lipinski definition) is 1. The molecule has 0 bridgehead atoms. The van der Waals surface area contributed by atoms with E-state index in [4.69, 9.17) is 4.52 Å². The number of nitrogens with one attached hydrogen (secondary N) is 1. The Kier molecular flexibility index (Phi) is 5.16. The molecule has 0 aliphatic carbocycles. The molecule has 2 aromatic rings. The number of likely N-dealkylation sites (tertiary alicyclic amines) is 1. The summed E-state index contributed by atoms with van der Waals surface area (Å²) in [6, 6.07) is 9.28. The molecule has 0 saturated carbocycles. The molecule has 1 fully saturated rings. The van der Waals surface area contributed by atoms with Gasteiger partial charge in [-0.05, 0) is 38.3 Å². The largest absolute Gasteiger partial charge is 0.361 e. The minimum absolute atomic E-state index is 0.0246. The molecule has 132 valence electrons. The average Bonchev–Trinajstić information content (AvgIpc) is 3.03. The topological polar surface area (TPSA) is 75.4 Å². The van der Waals surface area contributed by atoms with Crippen LogP contribution in [0.15, 0.2) is 34.9 Å². The number of benzene rings is 1. The standard InChI is InChI=1S/C19H23N3O3/c1-3-16-17(13(2)25-21-16)19(24)22-11-9-15(10-12-22)20-18(23)14-7-5-4-6-8-14/h4-8,15H,3,9-12H2,1-2H3,(H,20,23). The van der Waals surface area contributed by atoms with Crippen molar-refractivity contribution in [2.75, 3.05) is 13.1 Å². The zero-order valence-electron chi connectivity index (χ0n) is 14.6. The van der Waals surface area contributed by atoms with Crippen molar-refractivity contribution >= 4 is 11.8 Å². The van der Waals surface area contributed by atoms with E-state index in [2.05, 4.69) is 10.5 Å². The molecule has 1 aromatic carbocycles. The molecule has 1 aliphatic heterocycles. The molecule has 1 aromatic heterocycles. The Morgan fingerprint density at radius 3 is 2.56 bits per heavy atom. The van der Waals surface area contributed by atoms with Crippen molar-refractivity contribution in [2.24, 2.45) is 0 Å². The molecule has 2 heterocycles. The van der Waals surface area contributed by atoms with Gasteiger partial charge in [0, 0.05) is 24.7 Å². The van der Waals surface area contributed by atoms with Gasteiger partial charge in [-0.15, -0.1) is 0 Å². The van der Waals surface area contributed by atoms with Crippen molar-refractivity contribution in [3.63, 3.8) is 0 Å². The third-order valence-electron chi connectivity index (χ3n) is 4.64. The highest BCUT2D eigenvalue weighted by molar-refractivity contribution is 5.96. The summed E-state index contributed by atoms with van der Waals surface area (Å²) in [6.45, 7) is 4.96. The third-order valence-corrected chi connectivity index (χ3v) is 4.64. The average molecular weight is 341 g/mol. The second kappa shape index (κ2) is 7.51. The highest BCUT2D eigenvalue weighted by Crippen LogP contribution is 2.20. The van der Waals surface area contributed by atoms with Gasteiger partial charge in [0.15, 0.2) is 0 Å². The van der Waals surface area contributed by atoms with E-state index in [0.717, 1.165) is 12.8 Å².